The van der Waals surface area contributed by atoms with E-state index < -0.39 is 0 Å². The van der Waals surface area contributed by atoms with Crippen LogP contribution in [-0.2, 0) is 4.79 Å². The van der Waals surface area contributed by atoms with Crippen LogP contribution < -0.4 is 14.2 Å². The lowest BCUT2D eigenvalue weighted by atomic mass is 10.0. The van der Waals surface area contributed by atoms with E-state index in [4.69, 9.17) is 14.2 Å². The van der Waals surface area contributed by atoms with E-state index in [2.05, 4.69) is 41.9 Å². The van der Waals surface area contributed by atoms with Gasteiger partial charge in [0.1, 0.15) is 12.4 Å². The highest BCUT2D eigenvalue weighted by molar-refractivity contribution is 9.10. The molecule has 2 aromatic carbocycles. The van der Waals surface area contributed by atoms with Gasteiger partial charge in [0.25, 0.3) is 11.1 Å². The fourth-order valence-electron chi connectivity index (χ4n) is 3.55. The second-order valence-electron chi connectivity index (χ2n) is 8.07. The van der Waals surface area contributed by atoms with Crippen LogP contribution in [0.15, 0.2) is 39.7 Å². The van der Waals surface area contributed by atoms with Crippen LogP contribution in [0.4, 0.5) is 4.79 Å². The molecule has 1 fully saturated rings. The van der Waals surface area contributed by atoms with Gasteiger partial charge in [-0.25, -0.2) is 0 Å². The van der Waals surface area contributed by atoms with E-state index in [1.165, 1.54) is 4.90 Å². The highest BCUT2D eigenvalue weighted by Crippen LogP contribution is 2.39. The molecular weight excluding hydrogens is 518 g/mol. The molecule has 34 heavy (non-hydrogen) atoms. The molecule has 1 aliphatic heterocycles. The SMILES string of the molecule is CCOc1cc(/C=C2\SC(=O)N(CCOc3cc(C)ccc3C(C)C)C2=O)cc(Br)c1OCC. The van der Waals surface area contributed by atoms with Crippen LogP contribution in [0.1, 0.15) is 50.3 Å². The zero-order valence-electron chi connectivity index (χ0n) is 20.1. The molecule has 8 heteroatoms. The third-order valence-corrected chi connectivity index (χ3v) is 6.65. The molecule has 0 atom stereocenters. The standard InChI is InChI=1S/C26H30BrNO5S/c1-6-31-22-14-18(13-20(27)24(22)32-7-2)15-23-25(29)28(26(30)34-23)10-11-33-21-12-17(5)8-9-19(21)16(3)4/h8-9,12-16H,6-7,10-11H2,1-5H3/b23-15-. The summed E-state index contributed by atoms with van der Waals surface area (Å²) >= 11 is 4.44. The van der Waals surface area contributed by atoms with Gasteiger partial charge >= 0.3 is 0 Å². The van der Waals surface area contributed by atoms with Crippen molar-refractivity contribution in [3.05, 3.63) is 56.4 Å². The first-order chi connectivity index (χ1) is 16.2. The number of carbonyl (C=O) groups excluding carboxylic acids is 2. The number of thioether (sulfide) groups is 1. The van der Waals surface area contributed by atoms with Crippen LogP contribution in [-0.4, -0.2) is 42.4 Å². The average molecular weight is 548 g/mol. The van der Waals surface area contributed by atoms with E-state index in [1.54, 1.807) is 6.08 Å². The van der Waals surface area contributed by atoms with Gasteiger partial charge in [-0.15, -0.1) is 0 Å². The van der Waals surface area contributed by atoms with Crippen LogP contribution in [0.3, 0.4) is 0 Å². The summed E-state index contributed by atoms with van der Waals surface area (Å²) < 4.78 is 18.1. The summed E-state index contributed by atoms with van der Waals surface area (Å²) in [6, 6.07) is 9.75. The van der Waals surface area contributed by atoms with E-state index in [0.717, 1.165) is 38.7 Å². The molecule has 0 aromatic heterocycles. The number of amides is 2. The van der Waals surface area contributed by atoms with E-state index >= 15 is 0 Å². The molecule has 3 rings (SSSR count). The lowest BCUT2D eigenvalue weighted by molar-refractivity contribution is -0.123. The second-order valence-corrected chi connectivity index (χ2v) is 9.92. The summed E-state index contributed by atoms with van der Waals surface area (Å²) in [5.74, 6) is 1.97. The quantitative estimate of drug-likeness (QED) is 0.305. The van der Waals surface area contributed by atoms with Gasteiger partial charge in [-0.2, -0.15) is 0 Å². The monoisotopic (exact) mass is 547 g/mol. The van der Waals surface area contributed by atoms with Gasteiger partial charge in [-0.3, -0.25) is 14.5 Å². The van der Waals surface area contributed by atoms with Gasteiger partial charge in [-0.05, 0) is 95.3 Å². The number of hydrogen-bond acceptors (Lipinski definition) is 6. The Labute approximate surface area is 213 Å². The molecule has 1 saturated heterocycles. The predicted octanol–water partition coefficient (Wildman–Crippen LogP) is 6.79. The van der Waals surface area contributed by atoms with Crippen molar-refractivity contribution in [3.8, 4) is 17.2 Å². The number of halogens is 1. The second kappa shape index (κ2) is 11.8. The molecule has 0 N–H and O–H groups in total. The van der Waals surface area contributed by atoms with Gasteiger partial charge in [0.2, 0.25) is 0 Å². The van der Waals surface area contributed by atoms with Crippen LogP contribution >= 0.6 is 27.7 Å². The molecular formula is C26H30BrNO5S. The number of benzene rings is 2. The van der Waals surface area contributed by atoms with Gasteiger partial charge in [-0.1, -0.05) is 26.0 Å². The Morgan fingerprint density at radius 1 is 1.03 bits per heavy atom. The minimum Gasteiger partial charge on any atom is -0.491 e. The van der Waals surface area contributed by atoms with Crippen molar-refractivity contribution in [1.82, 2.24) is 4.90 Å². The molecule has 0 saturated carbocycles. The Balaban J connectivity index is 1.73. The number of nitrogens with zero attached hydrogens (tertiary/aromatic N) is 1. The lowest BCUT2D eigenvalue weighted by Crippen LogP contribution is -2.32. The van der Waals surface area contributed by atoms with Crippen LogP contribution in [0.5, 0.6) is 17.2 Å². The maximum atomic E-state index is 12.9. The molecule has 182 valence electrons. The van der Waals surface area contributed by atoms with Crippen molar-refractivity contribution in [2.75, 3.05) is 26.4 Å². The molecule has 1 aliphatic rings. The zero-order chi connectivity index (χ0) is 24.8. The minimum absolute atomic E-state index is 0.185. The molecule has 1 heterocycles. The summed E-state index contributed by atoms with van der Waals surface area (Å²) in [7, 11) is 0. The molecule has 0 aliphatic carbocycles. The Morgan fingerprint density at radius 2 is 1.76 bits per heavy atom. The molecule has 0 spiro atoms. The molecule has 2 aromatic rings. The average Bonchev–Trinajstić information content (AvgIpc) is 3.03. The molecule has 0 radical (unpaired) electrons. The largest absolute Gasteiger partial charge is 0.491 e. The van der Waals surface area contributed by atoms with Crippen molar-refractivity contribution < 1.29 is 23.8 Å². The summed E-state index contributed by atoms with van der Waals surface area (Å²) in [5.41, 5.74) is 2.94. The Morgan fingerprint density at radius 3 is 2.44 bits per heavy atom. The summed E-state index contributed by atoms with van der Waals surface area (Å²) in [6.07, 6.45) is 1.70. The minimum atomic E-state index is -0.324. The molecule has 2 amide bonds. The molecule has 0 bridgehead atoms. The van der Waals surface area contributed by atoms with E-state index in [1.807, 2.05) is 39.0 Å². The highest BCUT2D eigenvalue weighted by atomic mass is 79.9. The van der Waals surface area contributed by atoms with Crippen molar-refractivity contribution in [1.29, 1.82) is 0 Å². The number of aryl methyl sites for hydroxylation is 1. The highest BCUT2D eigenvalue weighted by Gasteiger charge is 2.35. The summed E-state index contributed by atoms with van der Waals surface area (Å²) in [4.78, 5) is 27.1. The third-order valence-electron chi connectivity index (χ3n) is 5.16. The normalized spacial score (nSPS) is 14.9. The van der Waals surface area contributed by atoms with Crippen molar-refractivity contribution in [3.63, 3.8) is 0 Å². The topological polar surface area (TPSA) is 65.1 Å². The van der Waals surface area contributed by atoms with Crippen molar-refractivity contribution in [2.45, 2.75) is 40.5 Å². The Hall–Kier alpha value is -2.45. The van der Waals surface area contributed by atoms with Crippen molar-refractivity contribution >= 4 is 44.9 Å². The number of rotatable bonds is 10. The Bertz CT molecular complexity index is 1100. The number of carbonyl (C=O) groups is 2. The first-order valence-electron chi connectivity index (χ1n) is 11.3. The molecule has 0 unspecified atom stereocenters. The predicted molar refractivity (Wildman–Crippen MR) is 140 cm³/mol. The maximum absolute atomic E-state index is 12.9. The first kappa shape index (κ1) is 26.2. The maximum Gasteiger partial charge on any atom is 0.293 e. The Kier molecular flexibility index (Phi) is 9.08. The fraction of sp³-hybridized carbons (Fsp3) is 0.385. The lowest BCUT2D eigenvalue weighted by Gasteiger charge is -2.17. The van der Waals surface area contributed by atoms with Gasteiger partial charge < -0.3 is 14.2 Å². The number of hydrogen-bond donors (Lipinski definition) is 0. The molecule has 6 nitrogen and oxygen atoms in total. The van der Waals surface area contributed by atoms with Gasteiger partial charge in [0.05, 0.1) is 29.1 Å². The zero-order valence-corrected chi connectivity index (χ0v) is 22.5. The summed E-state index contributed by atoms with van der Waals surface area (Å²) in [5, 5.41) is -0.303. The number of ether oxygens (including phenoxy) is 3. The first-order valence-corrected chi connectivity index (χ1v) is 12.9. The van der Waals surface area contributed by atoms with Crippen LogP contribution in [0.2, 0.25) is 0 Å². The van der Waals surface area contributed by atoms with Crippen molar-refractivity contribution in [2.24, 2.45) is 0 Å². The smallest absolute Gasteiger partial charge is 0.293 e. The van der Waals surface area contributed by atoms with E-state index in [9.17, 15) is 9.59 Å². The van der Waals surface area contributed by atoms with Crippen LogP contribution in [0, 0.1) is 6.92 Å². The third kappa shape index (κ3) is 6.16. The van der Waals surface area contributed by atoms with Gasteiger partial charge in [0, 0.05) is 0 Å². The number of imide groups is 1. The summed E-state index contributed by atoms with van der Waals surface area (Å²) in [6.45, 7) is 11.4. The fourth-order valence-corrected chi connectivity index (χ4v) is 4.99. The van der Waals surface area contributed by atoms with E-state index in [-0.39, 0.29) is 24.3 Å². The van der Waals surface area contributed by atoms with Gasteiger partial charge in [0.15, 0.2) is 11.5 Å². The van der Waals surface area contributed by atoms with Crippen LogP contribution in [0.25, 0.3) is 6.08 Å². The van der Waals surface area contributed by atoms with E-state index in [0.29, 0.717) is 35.5 Å².